The van der Waals surface area contributed by atoms with Crippen LogP contribution in [-0.2, 0) is 20.9 Å². The fourth-order valence-corrected chi connectivity index (χ4v) is 2.67. The minimum absolute atomic E-state index is 0.163. The maximum atomic E-state index is 12.2. The predicted octanol–water partition coefficient (Wildman–Crippen LogP) is 3.09. The summed E-state index contributed by atoms with van der Waals surface area (Å²) >= 11 is 3.40. The Labute approximate surface area is 155 Å². The fraction of sp³-hybridized carbons (Fsp3) is 0.263. The van der Waals surface area contributed by atoms with Gasteiger partial charge in [-0.25, -0.2) is 0 Å². The zero-order valence-electron chi connectivity index (χ0n) is 13.9. The van der Waals surface area contributed by atoms with Crippen LogP contribution in [0.25, 0.3) is 0 Å². The molecule has 2 atom stereocenters. The summed E-state index contributed by atoms with van der Waals surface area (Å²) in [4.78, 5) is 24.0. The molecule has 2 rings (SSSR count). The number of benzene rings is 2. The average Bonchev–Trinajstić information content (AvgIpc) is 2.60. The molecule has 0 fully saturated rings. The van der Waals surface area contributed by atoms with Crippen LogP contribution in [0.1, 0.15) is 30.5 Å². The number of rotatable bonds is 7. The summed E-state index contributed by atoms with van der Waals surface area (Å²) in [5, 5.41) is 2.81. The number of ether oxygens (including phenoxy) is 1. The highest BCUT2D eigenvalue weighted by molar-refractivity contribution is 9.10. The molecular formula is C19H21BrN2O3. The van der Waals surface area contributed by atoms with Crippen molar-refractivity contribution in [3.63, 3.8) is 0 Å². The van der Waals surface area contributed by atoms with Gasteiger partial charge in [0.1, 0.15) is 6.61 Å². The Balaban J connectivity index is 1.80. The first-order valence-electron chi connectivity index (χ1n) is 7.96. The smallest absolute Gasteiger partial charge is 0.308 e. The fourth-order valence-electron chi connectivity index (χ4n) is 2.25. The maximum Gasteiger partial charge on any atom is 0.308 e. The van der Waals surface area contributed by atoms with Gasteiger partial charge >= 0.3 is 5.97 Å². The minimum Gasteiger partial charge on any atom is -0.461 e. The molecule has 0 aliphatic heterocycles. The molecule has 0 saturated heterocycles. The van der Waals surface area contributed by atoms with Gasteiger partial charge in [-0.2, -0.15) is 0 Å². The molecule has 2 aromatic carbocycles. The van der Waals surface area contributed by atoms with Crippen LogP contribution in [0.3, 0.4) is 0 Å². The van der Waals surface area contributed by atoms with Gasteiger partial charge in [-0.05, 0) is 30.2 Å². The third kappa shape index (κ3) is 6.32. The Morgan fingerprint density at radius 2 is 1.88 bits per heavy atom. The molecule has 5 nitrogen and oxygen atoms in total. The Bertz CT molecular complexity index is 722. The second kappa shape index (κ2) is 9.34. The first-order chi connectivity index (χ1) is 12.0. The quantitative estimate of drug-likeness (QED) is 0.694. The van der Waals surface area contributed by atoms with Gasteiger partial charge in [-0.15, -0.1) is 0 Å². The third-order valence-electron chi connectivity index (χ3n) is 3.67. The monoisotopic (exact) mass is 404 g/mol. The van der Waals surface area contributed by atoms with Gasteiger partial charge in [-0.3, -0.25) is 9.59 Å². The number of hydrogen-bond acceptors (Lipinski definition) is 4. The number of nitrogens with two attached hydrogens (primary N) is 1. The highest BCUT2D eigenvalue weighted by Crippen LogP contribution is 2.18. The Hall–Kier alpha value is -2.18. The summed E-state index contributed by atoms with van der Waals surface area (Å²) in [6, 6.07) is 15.8. The summed E-state index contributed by atoms with van der Waals surface area (Å²) in [6.45, 7) is 2.03. The van der Waals surface area contributed by atoms with Crippen molar-refractivity contribution < 1.29 is 14.3 Å². The second-order valence-corrected chi connectivity index (χ2v) is 6.66. The molecule has 3 N–H and O–H groups in total. The van der Waals surface area contributed by atoms with E-state index in [1.54, 1.807) is 0 Å². The van der Waals surface area contributed by atoms with Crippen LogP contribution in [0.2, 0.25) is 0 Å². The van der Waals surface area contributed by atoms with Crippen molar-refractivity contribution in [3.05, 3.63) is 70.2 Å². The average molecular weight is 405 g/mol. The molecule has 0 bridgehead atoms. The van der Waals surface area contributed by atoms with E-state index in [4.69, 9.17) is 10.5 Å². The highest BCUT2D eigenvalue weighted by atomic mass is 79.9. The van der Waals surface area contributed by atoms with Crippen LogP contribution in [-0.4, -0.2) is 17.9 Å². The van der Waals surface area contributed by atoms with E-state index < -0.39 is 12.0 Å². The lowest BCUT2D eigenvalue weighted by Gasteiger charge is -2.18. The van der Waals surface area contributed by atoms with E-state index >= 15 is 0 Å². The molecule has 0 aliphatic carbocycles. The second-order valence-electron chi connectivity index (χ2n) is 5.74. The lowest BCUT2D eigenvalue weighted by atomic mass is 10.1. The van der Waals surface area contributed by atoms with Gasteiger partial charge in [0.2, 0.25) is 5.91 Å². The van der Waals surface area contributed by atoms with E-state index in [-0.39, 0.29) is 25.0 Å². The van der Waals surface area contributed by atoms with E-state index in [2.05, 4.69) is 21.2 Å². The molecule has 0 aromatic heterocycles. The van der Waals surface area contributed by atoms with Crippen molar-refractivity contribution in [1.82, 2.24) is 5.32 Å². The van der Waals surface area contributed by atoms with Crippen LogP contribution in [0.15, 0.2) is 59.1 Å². The SMILES string of the molecule is C[C@@H](NC(=O)[C@@H](N)CC(=O)OCc1ccccc1)c1cccc(Br)c1. The number of amides is 1. The Morgan fingerprint density at radius 1 is 1.16 bits per heavy atom. The summed E-state index contributed by atoms with van der Waals surface area (Å²) in [6.07, 6.45) is -0.163. The zero-order chi connectivity index (χ0) is 18.2. The molecule has 2 aromatic rings. The van der Waals surface area contributed by atoms with Crippen LogP contribution in [0.5, 0.6) is 0 Å². The van der Waals surface area contributed by atoms with Crippen molar-refractivity contribution in [2.24, 2.45) is 5.73 Å². The minimum atomic E-state index is -0.946. The number of hydrogen-bond donors (Lipinski definition) is 2. The van der Waals surface area contributed by atoms with Gasteiger partial charge < -0.3 is 15.8 Å². The van der Waals surface area contributed by atoms with Crippen molar-refractivity contribution in [2.75, 3.05) is 0 Å². The summed E-state index contributed by atoms with van der Waals surface area (Å²) in [5.74, 6) is -0.884. The number of halogens is 1. The Kier molecular flexibility index (Phi) is 7.16. The van der Waals surface area contributed by atoms with Crippen molar-refractivity contribution in [3.8, 4) is 0 Å². The normalized spacial score (nSPS) is 12.9. The zero-order valence-corrected chi connectivity index (χ0v) is 15.5. The van der Waals surface area contributed by atoms with Crippen molar-refractivity contribution in [1.29, 1.82) is 0 Å². The predicted molar refractivity (Wildman–Crippen MR) is 99.5 cm³/mol. The first-order valence-corrected chi connectivity index (χ1v) is 8.76. The van der Waals surface area contributed by atoms with Gasteiger partial charge in [0, 0.05) is 4.47 Å². The van der Waals surface area contributed by atoms with Gasteiger partial charge in [0.15, 0.2) is 0 Å². The van der Waals surface area contributed by atoms with Crippen LogP contribution in [0, 0.1) is 0 Å². The lowest BCUT2D eigenvalue weighted by Crippen LogP contribution is -2.43. The highest BCUT2D eigenvalue weighted by Gasteiger charge is 2.20. The van der Waals surface area contributed by atoms with Crippen molar-refractivity contribution >= 4 is 27.8 Å². The molecule has 6 heteroatoms. The lowest BCUT2D eigenvalue weighted by molar-refractivity contribution is -0.146. The molecule has 0 radical (unpaired) electrons. The Morgan fingerprint density at radius 3 is 2.56 bits per heavy atom. The van der Waals surface area contributed by atoms with E-state index in [0.29, 0.717) is 0 Å². The molecule has 0 saturated carbocycles. The number of carbonyl (C=O) groups excluding carboxylic acids is 2. The molecule has 0 spiro atoms. The molecule has 25 heavy (non-hydrogen) atoms. The summed E-state index contributed by atoms with van der Waals surface area (Å²) in [7, 11) is 0. The topological polar surface area (TPSA) is 81.4 Å². The summed E-state index contributed by atoms with van der Waals surface area (Å²) < 4.78 is 6.08. The van der Waals surface area contributed by atoms with Crippen molar-refractivity contribution in [2.45, 2.75) is 32.0 Å². The van der Waals surface area contributed by atoms with Crippen LogP contribution < -0.4 is 11.1 Å². The van der Waals surface area contributed by atoms with Crippen LogP contribution in [0.4, 0.5) is 0 Å². The van der Waals surface area contributed by atoms with E-state index in [9.17, 15) is 9.59 Å². The molecular weight excluding hydrogens is 384 g/mol. The molecule has 132 valence electrons. The standard InChI is InChI=1S/C19H21BrN2O3/c1-13(15-8-5-9-16(20)10-15)22-19(24)17(21)11-18(23)25-12-14-6-3-2-4-7-14/h2-10,13,17H,11-12,21H2,1H3,(H,22,24)/t13-,17+/m1/s1. The van der Waals surface area contributed by atoms with Crippen LogP contribution >= 0.6 is 15.9 Å². The van der Waals surface area contributed by atoms with E-state index in [1.807, 2.05) is 61.5 Å². The number of nitrogens with one attached hydrogen (secondary N) is 1. The largest absolute Gasteiger partial charge is 0.461 e. The maximum absolute atomic E-state index is 12.2. The van der Waals surface area contributed by atoms with Gasteiger partial charge in [-0.1, -0.05) is 58.4 Å². The van der Waals surface area contributed by atoms with E-state index in [1.165, 1.54) is 0 Å². The molecule has 0 heterocycles. The molecule has 0 aliphatic rings. The summed E-state index contributed by atoms with van der Waals surface area (Å²) in [5.41, 5.74) is 7.65. The number of esters is 1. The molecule has 0 unspecified atom stereocenters. The van der Waals surface area contributed by atoms with E-state index in [0.717, 1.165) is 15.6 Å². The number of carbonyl (C=O) groups is 2. The third-order valence-corrected chi connectivity index (χ3v) is 4.17. The van der Waals surface area contributed by atoms with Gasteiger partial charge in [0.05, 0.1) is 18.5 Å². The van der Waals surface area contributed by atoms with Gasteiger partial charge in [0.25, 0.3) is 0 Å². The molecule has 1 amide bonds. The first kappa shape index (κ1) is 19.1.